The van der Waals surface area contributed by atoms with Gasteiger partial charge in [0, 0.05) is 40.6 Å². The SMILES string of the molecule is COc1ccc(NC(=O)C2=C(C)NC3=C(C(=O)CCC3)[C@H]2c2cccc(OCc3ccccc3)c2)cc1. The summed E-state index contributed by atoms with van der Waals surface area (Å²) in [5.41, 5.74) is 5.45. The quantitative estimate of drug-likeness (QED) is 0.429. The van der Waals surface area contributed by atoms with Crippen molar-refractivity contribution in [2.45, 2.75) is 38.7 Å². The number of carbonyl (C=O) groups is 2. The molecule has 0 fully saturated rings. The van der Waals surface area contributed by atoms with Crippen molar-refractivity contribution in [1.29, 1.82) is 0 Å². The van der Waals surface area contributed by atoms with Gasteiger partial charge in [-0.15, -0.1) is 0 Å². The predicted octanol–water partition coefficient (Wildman–Crippen LogP) is 5.88. The molecular weight excluding hydrogens is 464 g/mol. The van der Waals surface area contributed by atoms with E-state index in [1.165, 1.54) is 0 Å². The summed E-state index contributed by atoms with van der Waals surface area (Å²) in [6.07, 6.45) is 2.07. The van der Waals surface area contributed by atoms with Crippen LogP contribution in [0.15, 0.2) is 101 Å². The zero-order valence-electron chi connectivity index (χ0n) is 21.0. The Morgan fingerprint density at radius 3 is 2.51 bits per heavy atom. The molecule has 0 bridgehead atoms. The molecule has 1 aliphatic heterocycles. The van der Waals surface area contributed by atoms with Gasteiger partial charge in [-0.05, 0) is 67.3 Å². The van der Waals surface area contributed by atoms with Crippen LogP contribution in [0.2, 0.25) is 0 Å². The lowest BCUT2D eigenvalue weighted by Crippen LogP contribution is -2.35. The number of ketones is 1. The number of anilines is 1. The van der Waals surface area contributed by atoms with Crippen LogP contribution in [0.5, 0.6) is 11.5 Å². The molecule has 1 heterocycles. The molecule has 0 radical (unpaired) electrons. The molecule has 5 rings (SSSR count). The lowest BCUT2D eigenvalue weighted by Gasteiger charge is -2.34. The molecule has 0 saturated carbocycles. The van der Waals surface area contributed by atoms with Crippen molar-refractivity contribution in [3.05, 3.63) is 113 Å². The van der Waals surface area contributed by atoms with E-state index in [0.717, 1.165) is 35.4 Å². The Hall–Kier alpha value is -4.32. The number of allylic oxidation sites excluding steroid dienone is 3. The predicted molar refractivity (Wildman–Crippen MR) is 143 cm³/mol. The topological polar surface area (TPSA) is 76.7 Å². The third-order valence-corrected chi connectivity index (χ3v) is 6.81. The first-order valence-electron chi connectivity index (χ1n) is 12.5. The van der Waals surface area contributed by atoms with E-state index in [-0.39, 0.29) is 11.7 Å². The number of hydrogen-bond donors (Lipinski definition) is 2. The number of nitrogens with one attached hydrogen (secondary N) is 2. The van der Waals surface area contributed by atoms with Gasteiger partial charge in [0.05, 0.1) is 7.11 Å². The minimum atomic E-state index is -0.484. The number of amides is 1. The number of carbonyl (C=O) groups excluding carboxylic acids is 2. The average molecular weight is 495 g/mol. The van der Waals surface area contributed by atoms with E-state index in [1.54, 1.807) is 31.4 Å². The molecule has 3 aromatic rings. The molecule has 0 unspecified atom stereocenters. The minimum absolute atomic E-state index is 0.0802. The van der Waals surface area contributed by atoms with Crippen LogP contribution in [0.4, 0.5) is 5.69 Å². The van der Waals surface area contributed by atoms with Crippen molar-refractivity contribution in [1.82, 2.24) is 5.32 Å². The molecule has 0 aromatic heterocycles. The van der Waals surface area contributed by atoms with Crippen molar-refractivity contribution >= 4 is 17.4 Å². The highest BCUT2D eigenvalue weighted by atomic mass is 16.5. The Balaban J connectivity index is 1.48. The van der Waals surface area contributed by atoms with Gasteiger partial charge < -0.3 is 20.1 Å². The van der Waals surface area contributed by atoms with Gasteiger partial charge in [0.2, 0.25) is 0 Å². The lowest BCUT2D eigenvalue weighted by molar-refractivity contribution is -0.116. The standard InChI is InChI=1S/C31H30N2O4/c1-20-28(31(35)33-23-14-16-24(36-2)17-15-23)29(30-26(32-20)12-7-13-27(30)34)22-10-6-11-25(18-22)37-19-21-8-4-3-5-9-21/h3-6,8-11,14-18,29,32H,7,12-13,19H2,1-2H3,(H,33,35)/t29-/m0/s1. The number of hydrogen-bond acceptors (Lipinski definition) is 5. The van der Waals surface area contributed by atoms with Crippen LogP contribution in [-0.2, 0) is 16.2 Å². The van der Waals surface area contributed by atoms with Gasteiger partial charge in [0.1, 0.15) is 18.1 Å². The molecule has 1 atom stereocenters. The van der Waals surface area contributed by atoms with Gasteiger partial charge >= 0.3 is 0 Å². The smallest absolute Gasteiger partial charge is 0.254 e. The van der Waals surface area contributed by atoms with Gasteiger partial charge in [-0.1, -0.05) is 42.5 Å². The Labute approximate surface area is 217 Å². The van der Waals surface area contributed by atoms with Crippen LogP contribution in [0.3, 0.4) is 0 Å². The molecule has 1 aliphatic carbocycles. The van der Waals surface area contributed by atoms with E-state index in [9.17, 15) is 9.59 Å². The minimum Gasteiger partial charge on any atom is -0.497 e. The van der Waals surface area contributed by atoms with Crippen molar-refractivity contribution in [2.24, 2.45) is 0 Å². The summed E-state index contributed by atoms with van der Waals surface area (Å²) in [7, 11) is 1.60. The second-order valence-electron chi connectivity index (χ2n) is 9.30. The van der Waals surface area contributed by atoms with Crippen LogP contribution in [-0.4, -0.2) is 18.8 Å². The molecular formula is C31H30N2O4. The first-order valence-corrected chi connectivity index (χ1v) is 12.5. The first kappa shape index (κ1) is 24.4. The maximum absolute atomic E-state index is 13.7. The molecule has 0 saturated heterocycles. The fourth-order valence-corrected chi connectivity index (χ4v) is 5.02. The highest BCUT2D eigenvalue weighted by Gasteiger charge is 2.38. The molecule has 1 amide bonds. The zero-order chi connectivity index (χ0) is 25.8. The Morgan fingerprint density at radius 1 is 0.973 bits per heavy atom. The maximum Gasteiger partial charge on any atom is 0.254 e. The third kappa shape index (κ3) is 5.28. The third-order valence-electron chi connectivity index (χ3n) is 6.81. The number of methoxy groups -OCH3 is 1. The molecule has 37 heavy (non-hydrogen) atoms. The molecule has 0 spiro atoms. The summed E-state index contributed by atoms with van der Waals surface area (Å²) in [5, 5.41) is 6.38. The Bertz CT molecular complexity index is 1370. The fraction of sp³-hybridized carbons (Fsp3) is 0.226. The Kier molecular flexibility index (Phi) is 7.08. The van der Waals surface area contributed by atoms with Gasteiger partial charge in [-0.2, -0.15) is 0 Å². The number of dihydropyridines is 1. The molecule has 6 nitrogen and oxygen atoms in total. The van der Waals surface area contributed by atoms with Crippen molar-refractivity contribution < 1.29 is 19.1 Å². The van der Waals surface area contributed by atoms with Gasteiger partial charge in [0.15, 0.2) is 5.78 Å². The normalized spacial score (nSPS) is 17.1. The van der Waals surface area contributed by atoms with E-state index in [2.05, 4.69) is 10.6 Å². The Morgan fingerprint density at radius 2 is 1.76 bits per heavy atom. The molecule has 6 heteroatoms. The van der Waals surface area contributed by atoms with E-state index < -0.39 is 5.92 Å². The monoisotopic (exact) mass is 494 g/mol. The summed E-state index contributed by atoms with van der Waals surface area (Å²) < 4.78 is 11.3. The van der Waals surface area contributed by atoms with E-state index in [4.69, 9.17) is 9.47 Å². The summed E-state index contributed by atoms with van der Waals surface area (Å²) in [4.78, 5) is 26.9. The van der Waals surface area contributed by atoms with Crippen LogP contribution in [0, 0.1) is 0 Å². The molecule has 3 aromatic carbocycles. The molecule has 2 N–H and O–H groups in total. The average Bonchev–Trinajstić information content (AvgIpc) is 2.92. The van der Waals surface area contributed by atoms with Crippen LogP contribution in [0.25, 0.3) is 0 Å². The fourth-order valence-electron chi connectivity index (χ4n) is 5.02. The largest absolute Gasteiger partial charge is 0.497 e. The lowest BCUT2D eigenvalue weighted by atomic mass is 9.75. The first-order chi connectivity index (χ1) is 18.0. The van der Waals surface area contributed by atoms with E-state index in [1.807, 2.05) is 61.5 Å². The highest BCUT2D eigenvalue weighted by Crippen LogP contribution is 2.43. The maximum atomic E-state index is 13.7. The second kappa shape index (κ2) is 10.7. The number of benzene rings is 3. The van der Waals surface area contributed by atoms with Crippen LogP contribution < -0.4 is 20.1 Å². The van der Waals surface area contributed by atoms with Crippen molar-refractivity contribution in [3.63, 3.8) is 0 Å². The number of rotatable bonds is 7. The number of Topliss-reactive ketones (excluding diaryl/α,β-unsaturated/α-hetero) is 1. The van der Waals surface area contributed by atoms with Crippen LogP contribution in [0.1, 0.15) is 43.2 Å². The summed E-state index contributed by atoms with van der Waals surface area (Å²) >= 11 is 0. The van der Waals surface area contributed by atoms with Crippen molar-refractivity contribution in [3.8, 4) is 11.5 Å². The van der Waals surface area contributed by atoms with Gasteiger partial charge in [-0.3, -0.25) is 9.59 Å². The summed E-state index contributed by atoms with van der Waals surface area (Å²) in [6.45, 7) is 2.33. The zero-order valence-corrected chi connectivity index (χ0v) is 21.0. The second-order valence-corrected chi connectivity index (χ2v) is 9.30. The highest BCUT2D eigenvalue weighted by molar-refractivity contribution is 6.09. The molecule has 2 aliphatic rings. The number of ether oxygens (including phenoxy) is 2. The van der Waals surface area contributed by atoms with E-state index in [0.29, 0.717) is 41.4 Å². The molecule has 188 valence electrons. The van der Waals surface area contributed by atoms with Crippen LogP contribution >= 0.6 is 0 Å². The van der Waals surface area contributed by atoms with Crippen molar-refractivity contribution in [2.75, 3.05) is 12.4 Å². The summed E-state index contributed by atoms with van der Waals surface area (Å²) in [5.74, 6) is 0.748. The van der Waals surface area contributed by atoms with E-state index >= 15 is 0 Å². The van der Waals surface area contributed by atoms with Gasteiger partial charge in [0.25, 0.3) is 5.91 Å². The summed E-state index contributed by atoms with van der Waals surface area (Å²) in [6, 6.07) is 24.9. The van der Waals surface area contributed by atoms with Gasteiger partial charge in [-0.25, -0.2) is 0 Å².